The Hall–Kier alpha value is -2.73. The van der Waals surface area contributed by atoms with Crippen LogP contribution in [0, 0.1) is 0 Å². The number of thiazole rings is 1. The van der Waals surface area contributed by atoms with Crippen LogP contribution in [-0.2, 0) is 11.3 Å². The number of ether oxygens (including phenoxy) is 2. The van der Waals surface area contributed by atoms with Gasteiger partial charge in [-0.2, -0.15) is 0 Å². The zero-order chi connectivity index (χ0) is 16.8. The highest BCUT2D eigenvalue weighted by molar-refractivity contribution is 7.13. The number of hydrogen-bond acceptors (Lipinski definition) is 6. The number of pyridine rings is 1. The predicted octanol–water partition coefficient (Wildman–Crippen LogP) is 3.96. The molecule has 3 rings (SSSR count). The van der Waals surface area contributed by atoms with Crippen LogP contribution in [0.4, 0.5) is 0 Å². The Morgan fingerprint density at radius 1 is 1.17 bits per heavy atom. The summed E-state index contributed by atoms with van der Waals surface area (Å²) in [7, 11) is 0. The van der Waals surface area contributed by atoms with E-state index in [1.54, 1.807) is 24.4 Å². The fourth-order valence-corrected chi connectivity index (χ4v) is 2.89. The number of carbonyl (C=O) groups excluding carboxylic acids is 1. The van der Waals surface area contributed by atoms with Gasteiger partial charge in [0.15, 0.2) is 0 Å². The van der Waals surface area contributed by atoms with Crippen molar-refractivity contribution in [2.45, 2.75) is 13.5 Å². The molecule has 5 nitrogen and oxygen atoms in total. The van der Waals surface area contributed by atoms with Crippen LogP contribution < -0.4 is 4.74 Å². The molecular weight excluding hydrogens is 324 g/mol. The van der Waals surface area contributed by atoms with Crippen molar-refractivity contribution in [1.29, 1.82) is 0 Å². The lowest BCUT2D eigenvalue weighted by Crippen LogP contribution is -2.08. The minimum Gasteiger partial charge on any atom is -0.493 e. The van der Waals surface area contributed by atoms with Gasteiger partial charge in [0.1, 0.15) is 22.9 Å². The Kier molecular flexibility index (Phi) is 5.18. The highest BCUT2D eigenvalue weighted by atomic mass is 32.1. The Morgan fingerprint density at radius 3 is 2.79 bits per heavy atom. The number of carbonyl (C=O) groups is 1. The van der Waals surface area contributed by atoms with Crippen molar-refractivity contribution in [3.8, 4) is 16.5 Å². The fraction of sp³-hybridized carbons (Fsp3) is 0.167. The third-order valence-corrected chi connectivity index (χ3v) is 4.11. The zero-order valence-electron chi connectivity index (χ0n) is 13.1. The van der Waals surface area contributed by atoms with Gasteiger partial charge in [-0.05, 0) is 31.2 Å². The second kappa shape index (κ2) is 7.70. The summed E-state index contributed by atoms with van der Waals surface area (Å²) in [5.74, 6) is 0.101. The first-order valence-corrected chi connectivity index (χ1v) is 8.40. The molecule has 0 radical (unpaired) electrons. The van der Waals surface area contributed by atoms with Gasteiger partial charge in [0, 0.05) is 11.6 Å². The molecule has 0 fully saturated rings. The summed E-state index contributed by atoms with van der Waals surface area (Å²) in [4.78, 5) is 21.0. The van der Waals surface area contributed by atoms with Gasteiger partial charge < -0.3 is 9.47 Å². The zero-order valence-corrected chi connectivity index (χ0v) is 14.0. The van der Waals surface area contributed by atoms with Gasteiger partial charge in [0.25, 0.3) is 0 Å². The summed E-state index contributed by atoms with van der Waals surface area (Å²) in [6, 6.07) is 12.7. The number of esters is 1. The van der Waals surface area contributed by atoms with E-state index < -0.39 is 5.97 Å². The summed E-state index contributed by atoms with van der Waals surface area (Å²) < 4.78 is 10.8. The first-order valence-electron chi connectivity index (χ1n) is 7.52. The van der Waals surface area contributed by atoms with E-state index in [-0.39, 0.29) is 6.61 Å². The second-order valence-corrected chi connectivity index (χ2v) is 5.72. The standard InChI is InChI=1S/C18H16N2O3S/c1-2-22-16-9-4-3-7-14(16)18(21)23-11-13-12-24-17(20-13)15-8-5-6-10-19-15/h3-10,12H,2,11H2,1H3. The lowest BCUT2D eigenvalue weighted by atomic mass is 10.2. The molecule has 0 N–H and O–H groups in total. The van der Waals surface area contributed by atoms with Crippen molar-refractivity contribution in [2.24, 2.45) is 0 Å². The first-order chi connectivity index (χ1) is 11.8. The molecule has 2 heterocycles. The summed E-state index contributed by atoms with van der Waals surface area (Å²) in [5.41, 5.74) is 1.92. The molecule has 0 bridgehead atoms. The molecule has 0 aliphatic rings. The molecule has 122 valence electrons. The second-order valence-electron chi connectivity index (χ2n) is 4.86. The maximum atomic E-state index is 12.3. The average molecular weight is 340 g/mol. The molecule has 0 unspecified atom stereocenters. The minimum absolute atomic E-state index is 0.114. The van der Waals surface area contributed by atoms with Gasteiger partial charge in [0.05, 0.1) is 18.0 Å². The topological polar surface area (TPSA) is 61.3 Å². The lowest BCUT2D eigenvalue weighted by Gasteiger charge is -2.09. The van der Waals surface area contributed by atoms with Crippen LogP contribution in [0.2, 0.25) is 0 Å². The van der Waals surface area contributed by atoms with E-state index in [0.29, 0.717) is 23.6 Å². The molecule has 0 saturated heterocycles. The third-order valence-electron chi connectivity index (χ3n) is 3.19. The van der Waals surface area contributed by atoms with Crippen molar-refractivity contribution in [3.63, 3.8) is 0 Å². The number of aromatic nitrogens is 2. The molecule has 6 heteroatoms. The Morgan fingerprint density at radius 2 is 2.00 bits per heavy atom. The number of rotatable bonds is 6. The normalized spacial score (nSPS) is 10.4. The Labute approximate surface area is 143 Å². The van der Waals surface area contributed by atoms with Crippen molar-refractivity contribution in [3.05, 3.63) is 65.3 Å². The minimum atomic E-state index is -0.425. The van der Waals surface area contributed by atoms with Crippen LogP contribution in [-0.4, -0.2) is 22.5 Å². The van der Waals surface area contributed by atoms with Crippen LogP contribution in [0.25, 0.3) is 10.7 Å². The predicted molar refractivity (Wildman–Crippen MR) is 92.1 cm³/mol. The number of nitrogens with zero attached hydrogens (tertiary/aromatic N) is 2. The maximum Gasteiger partial charge on any atom is 0.342 e. The molecule has 0 aliphatic heterocycles. The van der Waals surface area contributed by atoms with E-state index in [1.165, 1.54) is 11.3 Å². The van der Waals surface area contributed by atoms with Crippen LogP contribution in [0.3, 0.4) is 0 Å². The number of para-hydroxylation sites is 1. The Balaban J connectivity index is 1.66. The highest BCUT2D eigenvalue weighted by Gasteiger charge is 2.14. The lowest BCUT2D eigenvalue weighted by molar-refractivity contribution is 0.0464. The van der Waals surface area contributed by atoms with Crippen molar-refractivity contribution in [2.75, 3.05) is 6.61 Å². The molecule has 0 atom stereocenters. The van der Waals surface area contributed by atoms with Gasteiger partial charge in [-0.1, -0.05) is 18.2 Å². The van der Waals surface area contributed by atoms with Crippen LogP contribution in [0.15, 0.2) is 54.0 Å². The van der Waals surface area contributed by atoms with Crippen LogP contribution in [0.5, 0.6) is 5.75 Å². The number of hydrogen-bond donors (Lipinski definition) is 0. The van der Waals surface area contributed by atoms with Gasteiger partial charge in [-0.25, -0.2) is 9.78 Å². The van der Waals surface area contributed by atoms with Gasteiger partial charge >= 0.3 is 5.97 Å². The SMILES string of the molecule is CCOc1ccccc1C(=O)OCc1csc(-c2ccccn2)n1. The van der Waals surface area contributed by atoms with Gasteiger partial charge in [-0.3, -0.25) is 4.98 Å². The van der Waals surface area contributed by atoms with E-state index in [4.69, 9.17) is 9.47 Å². The van der Waals surface area contributed by atoms with Gasteiger partial charge in [-0.15, -0.1) is 11.3 Å². The average Bonchev–Trinajstić information content (AvgIpc) is 3.10. The molecule has 1 aromatic carbocycles. The van der Waals surface area contributed by atoms with Crippen LogP contribution in [0.1, 0.15) is 23.0 Å². The summed E-state index contributed by atoms with van der Waals surface area (Å²) in [6.45, 7) is 2.48. The Bertz CT molecular complexity index is 818. The maximum absolute atomic E-state index is 12.3. The smallest absolute Gasteiger partial charge is 0.342 e. The first kappa shape index (κ1) is 16.1. The van der Waals surface area contributed by atoms with Crippen molar-refractivity contribution >= 4 is 17.3 Å². The van der Waals surface area contributed by atoms with E-state index in [1.807, 2.05) is 36.6 Å². The molecule has 0 aliphatic carbocycles. The van der Waals surface area contributed by atoms with E-state index in [2.05, 4.69) is 9.97 Å². The molecule has 0 amide bonds. The van der Waals surface area contributed by atoms with Crippen molar-refractivity contribution < 1.29 is 14.3 Å². The monoisotopic (exact) mass is 340 g/mol. The van der Waals surface area contributed by atoms with Gasteiger partial charge in [0.2, 0.25) is 0 Å². The molecule has 2 aromatic heterocycles. The largest absolute Gasteiger partial charge is 0.493 e. The molecule has 0 saturated carbocycles. The summed E-state index contributed by atoms with van der Waals surface area (Å²) in [5, 5.41) is 2.67. The van der Waals surface area contributed by atoms with Crippen LogP contribution >= 0.6 is 11.3 Å². The quantitative estimate of drug-likeness (QED) is 0.636. The van der Waals surface area contributed by atoms with E-state index in [9.17, 15) is 4.79 Å². The summed E-state index contributed by atoms with van der Waals surface area (Å²) in [6.07, 6.45) is 1.72. The molecule has 3 aromatic rings. The number of benzene rings is 1. The summed E-state index contributed by atoms with van der Waals surface area (Å²) >= 11 is 1.47. The van der Waals surface area contributed by atoms with E-state index >= 15 is 0 Å². The molecule has 24 heavy (non-hydrogen) atoms. The van der Waals surface area contributed by atoms with E-state index in [0.717, 1.165) is 10.7 Å². The molecule has 0 spiro atoms. The fourth-order valence-electron chi connectivity index (χ4n) is 2.11. The van der Waals surface area contributed by atoms with Crippen molar-refractivity contribution in [1.82, 2.24) is 9.97 Å². The molecular formula is C18H16N2O3S. The third kappa shape index (κ3) is 3.78. The highest BCUT2D eigenvalue weighted by Crippen LogP contribution is 2.23.